The molecule has 1 N–H and O–H groups in total. The fourth-order valence-electron chi connectivity index (χ4n) is 2.09. The van der Waals surface area contributed by atoms with Gasteiger partial charge in [0.15, 0.2) is 4.96 Å². The third-order valence-electron chi connectivity index (χ3n) is 3.30. The van der Waals surface area contributed by atoms with E-state index in [0.29, 0.717) is 5.92 Å². The molecule has 4 nitrogen and oxygen atoms in total. The molecule has 2 rings (SSSR count). The number of imidazole rings is 1. The summed E-state index contributed by atoms with van der Waals surface area (Å²) in [6.45, 7) is 12.0. The Morgan fingerprint density at radius 1 is 1.35 bits per heavy atom. The van der Waals surface area contributed by atoms with Crippen molar-refractivity contribution in [2.45, 2.75) is 40.7 Å². The van der Waals surface area contributed by atoms with E-state index < -0.39 is 0 Å². The highest BCUT2D eigenvalue weighted by Crippen LogP contribution is 2.20. The van der Waals surface area contributed by atoms with Crippen LogP contribution in [0.15, 0.2) is 6.20 Å². The molecule has 2 heterocycles. The minimum absolute atomic E-state index is 0.715. The average Bonchev–Trinajstić information content (AvgIpc) is 2.84. The van der Waals surface area contributed by atoms with Crippen LogP contribution in [0.2, 0.25) is 0 Å². The van der Waals surface area contributed by atoms with Gasteiger partial charge in [-0.2, -0.15) is 0 Å². The SMILES string of the molecule is Cc1cn2c(CNCCOCCC(C)C)c(C)nc2s1. The standard InChI is InChI=1S/C15H25N3OS/c1-11(2)5-7-19-8-6-16-9-14-13(4)17-15-18(14)10-12(3)20-15/h10-11,16H,5-9H2,1-4H3. The normalized spacial score (nSPS) is 11.8. The van der Waals surface area contributed by atoms with Gasteiger partial charge in [0.1, 0.15) is 0 Å². The number of fused-ring (bicyclic) bond motifs is 1. The van der Waals surface area contributed by atoms with Gasteiger partial charge in [-0.05, 0) is 26.2 Å². The summed E-state index contributed by atoms with van der Waals surface area (Å²) in [7, 11) is 0. The number of hydrogen-bond donors (Lipinski definition) is 1. The Morgan fingerprint density at radius 2 is 2.15 bits per heavy atom. The second-order valence-electron chi connectivity index (χ2n) is 5.61. The van der Waals surface area contributed by atoms with Crippen molar-refractivity contribution in [2.24, 2.45) is 5.92 Å². The zero-order valence-corrected chi connectivity index (χ0v) is 13.7. The Balaban J connectivity index is 1.74. The second kappa shape index (κ2) is 7.20. The van der Waals surface area contributed by atoms with Crippen molar-refractivity contribution in [3.63, 3.8) is 0 Å². The van der Waals surface area contributed by atoms with E-state index in [1.807, 2.05) is 0 Å². The molecule has 0 saturated heterocycles. The molecule has 112 valence electrons. The summed E-state index contributed by atoms with van der Waals surface area (Å²) in [5.74, 6) is 0.715. The lowest BCUT2D eigenvalue weighted by Crippen LogP contribution is -2.21. The Morgan fingerprint density at radius 3 is 2.90 bits per heavy atom. The van der Waals surface area contributed by atoms with Crippen LogP contribution in [-0.4, -0.2) is 29.1 Å². The predicted octanol–water partition coefficient (Wildman–Crippen LogP) is 3.16. The average molecular weight is 295 g/mol. The Hall–Kier alpha value is -0.910. The summed E-state index contributed by atoms with van der Waals surface area (Å²) in [6, 6.07) is 0. The van der Waals surface area contributed by atoms with Crippen molar-refractivity contribution in [2.75, 3.05) is 19.8 Å². The summed E-state index contributed by atoms with van der Waals surface area (Å²) >= 11 is 1.74. The van der Waals surface area contributed by atoms with Gasteiger partial charge in [-0.1, -0.05) is 13.8 Å². The number of aryl methyl sites for hydroxylation is 2. The first kappa shape index (κ1) is 15.5. The number of thiazole rings is 1. The molecule has 2 aromatic rings. The number of ether oxygens (including phenoxy) is 1. The molecule has 5 heteroatoms. The van der Waals surface area contributed by atoms with Crippen molar-refractivity contribution in [3.8, 4) is 0 Å². The van der Waals surface area contributed by atoms with Gasteiger partial charge in [-0.3, -0.25) is 4.40 Å². The third-order valence-corrected chi connectivity index (χ3v) is 4.19. The van der Waals surface area contributed by atoms with Crippen molar-refractivity contribution in [1.82, 2.24) is 14.7 Å². The molecule has 0 saturated carbocycles. The van der Waals surface area contributed by atoms with Gasteiger partial charge in [0.05, 0.1) is 18.0 Å². The number of hydrogen-bond acceptors (Lipinski definition) is 4. The first-order chi connectivity index (χ1) is 9.58. The lowest BCUT2D eigenvalue weighted by Gasteiger charge is -2.08. The van der Waals surface area contributed by atoms with Gasteiger partial charge in [-0.15, -0.1) is 11.3 Å². The molecular formula is C15H25N3OS. The van der Waals surface area contributed by atoms with Crippen LogP contribution in [0.1, 0.15) is 36.5 Å². The zero-order valence-electron chi connectivity index (χ0n) is 12.9. The highest BCUT2D eigenvalue weighted by molar-refractivity contribution is 7.17. The van der Waals surface area contributed by atoms with E-state index in [1.54, 1.807) is 11.3 Å². The van der Waals surface area contributed by atoms with E-state index >= 15 is 0 Å². The number of nitrogens with one attached hydrogen (secondary N) is 1. The van der Waals surface area contributed by atoms with E-state index in [-0.39, 0.29) is 0 Å². The lowest BCUT2D eigenvalue weighted by molar-refractivity contribution is 0.125. The number of rotatable bonds is 8. The maximum atomic E-state index is 5.60. The quantitative estimate of drug-likeness (QED) is 0.760. The molecule has 0 aliphatic heterocycles. The van der Waals surface area contributed by atoms with Crippen LogP contribution in [0, 0.1) is 19.8 Å². The maximum absolute atomic E-state index is 5.60. The first-order valence-electron chi connectivity index (χ1n) is 7.30. The molecule has 0 atom stereocenters. The topological polar surface area (TPSA) is 38.6 Å². The lowest BCUT2D eigenvalue weighted by atomic mass is 10.1. The molecule has 0 aliphatic rings. The van der Waals surface area contributed by atoms with Gasteiger partial charge in [0.25, 0.3) is 0 Å². The first-order valence-corrected chi connectivity index (χ1v) is 8.12. The van der Waals surface area contributed by atoms with E-state index in [9.17, 15) is 0 Å². The molecular weight excluding hydrogens is 270 g/mol. The minimum Gasteiger partial charge on any atom is -0.380 e. The van der Waals surface area contributed by atoms with Crippen LogP contribution in [-0.2, 0) is 11.3 Å². The fraction of sp³-hybridized carbons (Fsp3) is 0.667. The third kappa shape index (κ3) is 4.04. The van der Waals surface area contributed by atoms with Crippen molar-refractivity contribution < 1.29 is 4.74 Å². The van der Waals surface area contributed by atoms with Crippen LogP contribution in [0.3, 0.4) is 0 Å². The highest BCUT2D eigenvalue weighted by atomic mass is 32.1. The fourth-order valence-corrected chi connectivity index (χ4v) is 2.98. The molecule has 0 amide bonds. The minimum atomic E-state index is 0.715. The molecule has 2 aromatic heterocycles. The van der Waals surface area contributed by atoms with Crippen molar-refractivity contribution in [1.29, 1.82) is 0 Å². The summed E-state index contributed by atoms with van der Waals surface area (Å²) < 4.78 is 7.80. The number of nitrogens with zero attached hydrogens (tertiary/aromatic N) is 2. The van der Waals surface area contributed by atoms with Gasteiger partial charge >= 0.3 is 0 Å². The molecule has 0 fully saturated rings. The van der Waals surface area contributed by atoms with E-state index in [2.05, 4.69) is 48.6 Å². The van der Waals surface area contributed by atoms with Crippen molar-refractivity contribution >= 4 is 16.3 Å². The van der Waals surface area contributed by atoms with Crippen LogP contribution < -0.4 is 5.32 Å². The zero-order chi connectivity index (χ0) is 14.5. The van der Waals surface area contributed by atoms with Gasteiger partial charge in [0.2, 0.25) is 0 Å². The smallest absolute Gasteiger partial charge is 0.194 e. The molecule has 0 aromatic carbocycles. The maximum Gasteiger partial charge on any atom is 0.194 e. The molecule has 0 bridgehead atoms. The van der Waals surface area contributed by atoms with E-state index in [4.69, 9.17) is 4.74 Å². The largest absolute Gasteiger partial charge is 0.380 e. The van der Waals surface area contributed by atoms with Gasteiger partial charge in [0, 0.05) is 30.8 Å². The molecule has 20 heavy (non-hydrogen) atoms. The van der Waals surface area contributed by atoms with Crippen LogP contribution in [0.5, 0.6) is 0 Å². The molecule has 0 spiro atoms. The summed E-state index contributed by atoms with van der Waals surface area (Å²) in [5, 5.41) is 3.44. The van der Waals surface area contributed by atoms with E-state index in [0.717, 1.165) is 43.4 Å². The second-order valence-corrected chi connectivity index (χ2v) is 6.82. The molecule has 0 aliphatic carbocycles. The Kier molecular flexibility index (Phi) is 5.57. The van der Waals surface area contributed by atoms with Crippen LogP contribution in [0.4, 0.5) is 0 Å². The van der Waals surface area contributed by atoms with Gasteiger partial charge in [-0.25, -0.2) is 4.98 Å². The summed E-state index contributed by atoms with van der Waals surface area (Å²) in [4.78, 5) is 6.98. The summed E-state index contributed by atoms with van der Waals surface area (Å²) in [6.07, 6.45) is 3.30. The van der Waals surface area contributed by atoms with Crippen LogP contribution >= 0.6 is 11.3 Å². The van der Waals surface area contributed by atoms with Crippen molar-refractivity contribution in [3.05, 3.63) is 22.5 Å². The van der Waals surface area contributed by atoms with Gasteiger partial charge < -0.3 is 10.1 Å². The Bertz CT molecular complexity index is 545. The molecule has 0 unspecified atom stereocenters. The predicted molar refractivity (Wildman–Crippen MR) is 84.5 cm³/mol. The molecule has 0 radical (unpaired) electrons. The van der Waals surface area contributed by atoms with Crippen LogP contribution in [0.25, 0.3) is 4.96 Å². The summed E-state index contributed by atoms with van der Waals surface area (Å²) in [5.41, 5.74) is 2.37. The number of aromatic nitrogens is 2. The monoisotopic (exact) mass is 295 g/mol. The van der Waals surface area contributed by atoms with E-state index in [1.165, 1.54) is 10.6 Å². The highest BCUT2D eigenvalue weighted by Gasteiger charge is 2.10. The Labute approximate surface area is 125 Å².